The highest BCUT2D eigenvalue weighted by molar-refractivity contribution is 6.69. The first-order valence-corrected chi connectivity index (χ1v) is 14.8. The van der Waals surface area contributed by atoms with Crippen molar-refractivity contribution in [2.45, 2.75) is 96.3 Å². The van der Waals surface area contributed by atoms with E-state index in [2.05, 4.69) is 55.9 Å². The number of aliphatic imine (C=N–C) groups is 1. The van der Waals surface area contributed by atoms with Crippen LogP contribution in [0.2, 0.25) is 0 Å². The summed E-state index contributed by atoms with van der Waals surface area (Å²) in [7, 11) is 0. The van der Waals surface area contributed by atoms with Crippen LogP contribution in [-0.4, -0.2) is 35.8 Å². The first kappa shape index (κ1) is 30.3. The number of hydrogen-bond acceptors (Lipinski definition) is 5. The number of carbonyl (C=O) groups is 1. The number of oxime groups is 1. The van der Waals surface area contributed by atoms with Crippen LogP contribution in [0.15, 0.2) is 71.3 Å². The van der Waals surface area contributed by atoms with Crippen molar-refractivity contribution in [1.29, 1.82) is 0 Å². The summed E-state index contributed by atoms with van der Waals surface area (Å²) in [5.41, 5.74) is 4.27. The first-order valence-electron chi connectivity index (χ1n) is 14.8. The third-order valence-electron chi connectivity index (χ3n) is 7.77. The highest BCUT2D eigenvalue weighted by atomic mass is 16.5. The lowest BCUT2D eigenvalue weighted by Crippen LogP contribution is -2.41. The smallest absolute Gasteiger partial charge is 0.362 e. The molecule has 5 heteroatoms. The van der Waals surface area contributed by atoms with Gasteiger partial charge in [-0.25, -0.2) is 4.79 Å². The van der Waals surface area contributed by atoms with Crippen LogP contribution in [-0.2, 0) is 21.4 Å². The molecule has 3 rings (SSSR count). The Balaban J connectivity index is 1.64. The molecule has 0 saturated carbocycles. The molecule has 210 valence electrons. The van der Waals surface area contributed by atoms with Crippen molar-refractivity contribution in [2.24, 2.45) is 10.1 Å². The van der Waals surface area contributed by atoms with Gasteiger partial charge in [-0.2, -0.15) is 0 Å². The molecule has 39 heavy (non-hydrogen) atoms. The molecule has 5 nitrogen and oxygen atoms in total. The average Bonchev–Trinajstić information content (AvgIpc) is 2.94. The van der Waals surface area contributed by atoms with Gasteiger partial charge >= 0.3 is 5.97 Å². The number of aryl methyl sites for hydroxylation is 1. The number of fused-ring (bicyclic) bond motifs is 1. The number of unbranched alkanes of at least 4 members (excludes halogenated alkanes) is 9. The lowest BCUT2D eigenvalue weighted by atomic mass is 9.67. The van der Waals surface area contributed by atoms with Crippen LogP contribution in [0.1, 0.15) is 99.8 Å². The first-order chi connectivity index (χ1) is 19.1. The van der Waals surface area contributed by atoms with Crippen molar-refractivity contribution in [2.75, 3.05) is 13.2 Å². The lowest BCUT2D eigenvalue weighted by molar-refractivity contribution is -0.135. The van der Waals surface area contributed by atoms with Gasteiger partial charge < -0.3 is 9.94 Å². The third-order valence-corrected chi connectivity index (χ3v) is 7.77. The Bertz CT molecular complexity index is 1120. The molecule has 1 unspecified atom stereocenters. The number of benzene rings is 2. The molecule has 0 fully saturated rings. The quantitative estimate of drug-likeness (QED) is 0.0560. The van der Waals surface area contributed by atoms with Gasteiger partial charge in [0.25, 0.3) is 0 Å². The third kappa shape index (κ3) is 8.39. The van der Waals surface area contributed by atoms with E-state index in [0.717, 1.165) is 48.8 Å². The summed E-state index contributed by atoms with van der Waals surface area (Å²) in [6, 6.07) is 16.4. The summed E-state index contributed by atoms with van der Waals surface area (Å²) in [5.74, 6) is -0.626. The predicted molar refractivity (Wildman–Crippen MR) is 161 cm³/mol. The van der Waals surface area contributed by atoms with Crippen LogP contribution < -0.4 is 0 Å². The van der Waals surface area contributed by atoms with E-state index in [-0.39, 0.29) is 11.1 Å². The van der Waals surface area contributed by atoms with E-state index in [1.807, 2.05) is 24.3 Å². The van der Waals surface area contributed by atoms with Gasteiger partial charge in [-0.3, -0.25) is 4.99 Å². The minimum atomic E-state index is -0.626. The Hall–Kier alpha value is -3.21. The maximum absolute atomic E-state index is 13.0. The van der Waals surface area contributed by atoms with E-state index in [9.17, 15) is 10.0 Å². The summed E-state index contributed by atoms with van der Waals surface area (Å²) in [6.45, 7) is 9.15. The molecule has 1 aliphatic rings. The standard InChI is InChI=1S/C34H46N2O3/c1-4-6-7-8-9-10-11-12-13-17-24-39-33(37)32(36-38)31-29-22-18-19-27(3)30(29)34(23-5-2,26-35-31)25-28-20-15-14-16-21-28/h5,14-16,18-22,38H,2,4,6-13,17,23-26H2,1,3H3/b36-32+. The van der Waals surface area contributed by atoms with E-state index in [4.69, 9.17) is 9.73 Å². The van der Waals surface area contributed by atoms with Crippen LogP contribution in [0.5, 0.6) is 0 Å². The second-order valence-corrected chi connectivity index (χ2v) is 10.9. The van der Waals surface area contributed by atoms with Crippen LogP contribution in [0.4, 0.5) is 0 Å². The molecule has 0 saturated heterocycles. The monoisotopic (exact) mass is 530 g/mol. The molecule has 1 aliphatic heterocycles. The van der Waals surface area contributed by atoms with Crippen molar-refractivity contribution < 1.29 is 14.7 Å². The van der Waals surface area contributed by atoms with Gasteiger partial charge in [0, 0.05) is 11.0 Å². The summed E-state index contributed by atoms with van der Waals surface area (Å²) in [6.07, 6.45) is 15.6. The highest BCUT2D eigenvalue weighted by Gasteiger charge is 2.40. The van der Waals surface area contributed by atoms with Gasteiger partial charge in [0.1, 0.15) is 5.71 Å². The maximum Gasteiger partial charge on any atom is 0.362 e. The van der Waals surface area contributed by atoms with Crippen molar-refractivity contribution in [3.05, 3.63) is 83.4 Å². The summed E-state index contributed by atoms with van der Waals surface area (Å²) >= 11 is 0. The number of allylic oxidation sites excluding steroid dienone is 1. The number of rotatable bonds is 17. The van der Waals surface area contributed by atoms with Crippen LogP contribution in [0, 0.1) is 6.92 Å². The molecular weight excluding hydrogens is 484 g/mol. The van der Waals surface area contributed by atoms with Gasteiger partial charge in [0.15, 0.2) is 0 Å². The lowest BCUT2D eigenvalue weighted by Gasteiger charge is -2.39. The zero-order chi connectivity index (χ0) is 27.9. The van der Waals surface area contributed by atoms with Gasteiger partial charge in [0.2, 0.25) is 5.71 Å². The highest BCUT2D eigenvalue weighted by Crippen LogP contribution is 2.40. The molecule has 0 spiro atoms. The van der Waals surface area contributed by atoms with Gasteiger partial charge in [0.05, 0.1) is 13.2 Å². The number of ether oxygens (including phenoxy) is 1. The van der Waals surface area contributed by atoms with Crippen LogP contribution in [0.3, 0.4) is 0 Å². The Morgan fingerprint density at radius 1 is 1.00 bits per heavy atom. The zero-order valence-electron chi connectivity index (χ0n) is 24.0. The molecule has 1 heterocycles. The number of esters is 1. The average molecular weight is 531 g/mol. The predicted octanol–water partition coefficient (Wildman–Crippen LogP) is 8.15. The number of hydrogen-bond donors (Lipinski definition) is 1. The van der Waals surface area contributed by atoms with Gasteiger partial charge in [-0.05, 0) is 42.9 Å². The van der Waals surface area contributed by atoms with E-state index in [1.54, 1.807) is 0 Å². The topological polar surface area (TPSA) is 71.2 Å². The minimum Gasteiger partial charge on any atom is -0.461 e. The molecule has 0 aliphatic carbocycles. The van der Waals surface area contributed by atoms with Crippen molar-refractivity contribution in [3.8, 4) is 0 Å². The molecular formula is C34H46N2O3. The van der Waals surface area contributed by atoms with Crippen molar-refractivity contribution in [1.82, 2.24) is 0 Å². The number of nitrogens with zero attached hydrogens (tertiary/aromatic N) is 2. The van der Waals surface area contributed by atoms with E-state index in [1.165, 1.54) is 50.5 Å². The molecule has 0 amide bonds. The second kappa shape index (κ2) is 16.0. The Kier molecular flexibility index (Phi) is 12.5. The Morgan fingerprint density at radius 2 is 1.67 bits per heavy atom. The summed E-state index contributed by atoms with van der Waals surface area (Å²) < 4.78 is 5.53. The van der Waals surface area contributed by atoms with Gasteiger partial charge in [-0.1, -0.05) is 124 Å². The minimum absolute atomic E-state index is 0.124. The largest absolute Gasteiger partial charge is 0.461 e. The second-order valence-electron chi connectivity index (χ2n) is 10.9. The Morgan fingerprint density at radius 3 is 2.31 bits per heavy atom. The molecule has 1 N–H and O–H groups in total. The van der Waals surface area contributed by atoms with Crippen LogP contribution in [0.25, 0.3) is 0 Å². The van der Waals surface area contributed by atoms with Crippen molar-refractivity contribution >= 4 is 17.4 Å². The van der Waals surface area contributed by atoms with Crippen molar-refractivity contribution in [3.63, 3.8) is 0 Å². The SMILES string of the molecule is C=CCC1(Cc2ccccc2)CN=C(/C(=N\O)C(=O)OCCCCCCCCCCCC)c2cccc(C)c21. The van der Waals surface area contributed by atoms with Gasteiger partial charge in [-0.15, -0.1) is 6.58 Å². The van der Waals surface area contributed by atoms with E-state index in [0.29, 0.717) is 18.9 Å². The van der Waals surface area contributed by atoms with E-state index < -0.39 is 5.97 Å². The number of carbonyl (C=O) groups excluding carboxylic acids is 1. The molecule has 1 atom stereocenters. The normalized spacial score (nSPS) is 16.9. The fourth-order valence-electron chi connectivity index (χ4n) is 5.82. The summed E-state index contributed by atoms with van der Waals surface area (Å²) in [5, 5.41) is 13.3. The van der Waals surface area contributed by atoms with E-state index >= 15 is 0 Å². The zero-order valence-corrected chi connectivity index (χ0v) is 24.0. The molecule has 2 aromatic carbocycles. The fraction of sp³-hybridized carbons (Fsp3) is 0.500. The van der Waals surface area contributed by atoms with Crippen LogP contribution >= 0.6 is 0 Å². The Labute approximate surface area is 235 Å². The molecule has 2 aromatic rings. The maximum atomic E-state index is 13.0. The molecule has 0 bridgehead atoms. The molecule has 0 radical (unpaired) electrons. The summed E-state index contributed by atoms with van der Waals surface area (Å²) in [4.78, 5) is 17.9. The molecule has 0 aromatic heterocycles. The fourth-order valence-corrected chi connectivity index (χ4v) is 5.82.